The number of aromatic hydroxyl groups is 4. The van der Waals surface area contributed by atoms with Gasteiger partial charge in [-0.15, -0.1) is 25.6 Å². The molecule has 0 spiro atoms. The molecule has 0 amide bonds. The van der Waals surface area contributed by atoms with Crippen LogP contribution in [-0.4, -0.2) is 59.3 Å². The van der Waals surface area contributed by atoms with Crippen LogP contribution in [0.3, 0.4) is 0 Å². The Kier molecular flexibility index (Phi) is 13.0. The lowest BCUT2D eigenvalue weighted by molar-refractivity contribution is 0.471. The number of phenolic OH excluding ortho intramolecular Hbond substituents is 4. The van der Waals surface area contributed by atoms with Gasteiger partial charge in [0, 0.05) is 17.5 Å². The summed E-state index contributed by atoms with van der Waals surface area (Å²) in [5.41, 5.74) is 13.4. The number of aryl methyl sites for hydroxylation is 2. The van der Waals surface area contributed by atoms with Crippen molar-refractivity contribution in [2.24, 2.45) is 40.9 Å². The van der Waals surface area contributed by atoms with Gasteiger partial charge in [0.05, 0.1) is 44.4 Å². The molecule has 0 aliphatic rings. The quantitative estimate of drug-likeness (QED) is 0.0312. The third kappa shape index (κ3) is 10.4. The minimum absolute atomic E-state index is 0.00898. The Balaban J connectivity index is 1.10. The van der Waals surface area contributed by atoms with E-state index in [1.54, 1.807) is 44.2 Å². The minimum atomic E-state index is -5.19. The standard InChI is InChI=1S/C46H36N10O13S3/c1-22-13-24(4-9-35(22)50-55-43-40(71(64,65)66)16-26-3-6-28(18-32(26)45(43)59)49-52-37-11-7-29(57)19-33(37)47)25-5-10-36(23(2)14-25)51-56-44-41(72(67,68)69)17-27-15-31(70(61,62)63)21-39(42(27)46(44)60)54-53-38-12-8-30(58)20-34(38)48/h3-21,57-60H,47-48H2,1-2H3,(H,61,62,63)(H,64,65,66)(H,67,68,69). The number of rotatable bonds is 12. The molecule has 0 unspecified atom stereocenters. The van der Waals surface area contributed by atoms with Crippen molar-refractivity contribution < 1.29 is 59.3 Å². The van der Waals surface area contributed by atoms with E-state index >= 15 is 0 Å². The molecule has 8 aromatic carbocycles. The molecule has 8 rings (SSSR count). The second-order valence-electron chi connectivity index (χ2n) is 15.8. The highest BCUT2D eigenvalue weighted by Crippen LogP contribution is 2.47. The number of phenols is 4. The van der Waals surface area contributed by atoms with Crippen LogP contribution in [0, 0.1) is 13.8 Å². The van der Waals surface area contributed by atoms with E-state index in [0.717, 1.165) is 30.3 Å². The second-order valence-corrected chi connectivity index (χ2v) is 20.0. The Morgan fingerprint density at radius 2 is 0.875 bits per heavy atom. The molecule has 8 aromatic rings. The molecule has 366 valence electrons. The van der Waals surface area contributed by atoms with Crippen LogP contribution < -0.4 is 11.5 Å². The molecule has 23 nitrogen and oxygen atoms in total. The van der Waals surface area contributed by atoms with Gasteiger partial charge in [0.25, 0.3) is 30.4 Å². The lowest BCUT2D eigenvalue weighted by Crippen LogP contribution is -2.01. The highest BCUT2D eigenvalue weighted by atomic mass is 32.2. The van der Waals surface area contributed by atoms with Crippen molar-refractivity contribution in [2.45, 2.75) is 28.5 Å². The molecule has 0 fully saturated rings. The smallest absolute Gasteiger partial charge is 0.296 e. The number of nitrogens with zero attached hydrogens (tertiary/aromatic N) is 8. The van der Waals surface area contributed by atoms with E-state index in [9.17, 15) is 59.3 Å². The van der Waals surface area contributed by atoms with Gasteiger partial charge in [0.1, 0.15) is 44.0 Å². The predicted octanol–water partition coefficient (Wildman–Crippen LogP) is 11.7. The van der Waals surface area contributed by atoms with E-state index in [4.69, 9.17) is 11.5 Å². The summed E-state index contributed by atoms with van der Waals surface area (Å²) < 4.78 is 105. The number of nitrogens with two attached hydrogens (primary N) is 2. The maximum absolute atomic E-state index is 12.7. The summed E-state index contributed by atoms with van der Waals surface area (Å²) in [7, 11) is -15.1. The summed E-state index contributed by atoms with van der Waals surface area (Å²) in [5, 5.41) is 74.5. The van der Waals surface area contributed by atoms with Crippen LogP contribution in [-0.2, 0) is 30.4 Å². The number of fused-ring (bicyclic) bond motifs is 2. The molecule has 0 bridgehead atoms. The van der Waals surface area contributed by atoms with E-state index in [0.29, 0.717) is 22.3 Å². The van der Waals surface area contributed by atoms with E-state index < -0.39 is 73.6 Å². The van der Waals surface area contributed by atoms with Crippen molar-refractivity contribution in [3.05, 3.63) is 126 Å². The highest BCUT2D eigenvalue weighted by Gasteiger charge is 2.26. The van der Waals surface area contributed by atoms with E-state index in [1.807, 2.05) is 0 Å². The zero-order valence-corrected chi connectivity index (χ0v) is 39.5. The van der Waals surface area contributed by atoms with Gasteiger partial charge < -0.3 is 31.9 Å². The molecule has 11 N–H and O–H groups in total. The van der Waals surface area contributed by atoms with Gasteiger partial charge in [-0.1, -0.05) is 18.2 Å². The van der Waals surface area contributed by atoms with Crippen molar-refractivity contribution in [1.82, 2.24) is 0 Å². The molecule has 0 saturated carbocycles. The highest BCUT2D eigenvalue weighted by molar-refractivity contribution is 7.86. The normalized spacial score (nSPS) is 12.7. The number of nitrogen functional groups attached to an aromatic ring is 2. The van der Waals surface area contributed by atoms with Crippen molar-refractivity contribution >= 4 is 109 Å². The largest absolute Gasteiger partial charge is 0.508 e. The predicted molar refractivity (Wildman–Crippen MR) is 264 cm³/mol. The molecule has 0 aromatic heterocycles. The topological polar surface area (TPSA) is 395 Å². The van der Waals surface area contributed by atoms with Crippen LogP contribution in [0.5, 0.6) is 23.0 Å². The maximum Gasteiger partial charge on any atom is 0.296 e. The first-order valence-corrected chi connectivity index (χ1v) is 24.8. The van der Waals surface area contributed by atoms with Gasteiger partial charge in [0.2, 0.25) is 0 Å². The maximum atomic E-state index is 12.7. The zero-order chi connectivity index (χ0) is 52.0. The molecular weight excluding hydrogens is 997 g/mol. The molecule has 0 heterocycles. The first-order chi connectivity index (χ1) is 33.8. The van der Waals surface area contributed by atoms with Crippen LogP contribution in [0.1, 0.15) is 11.1 Å². The van der Waals surface area contributed by atoms with Crippen LogP contribution >= 0.6 is 0 Å². The van der Waals surface area contributed by atoms with Crippen molar-refractivity contribution in [3.8, 4) is 34.1 Å². The van der Waals surface area contributed by atoms with Crippen LogP contribution in [0.15, 0.2) is 171 Å². The molecule has 0 saturated heterocycles. The van der Waals surface area contributed by atoms with Crippen LogP contribution in [0.4, 0.5) is 56.9 Å². The summed E-state index contributed by atoms with van der Waals surface area (Å²) in [5.74, 6) is -1.80. The van der Waals surface area contributed by atoms with Gasteiger partial charge >= 0.3 is 0 Å². The summed E-state index contributed by atoms with van der Waals surface area (Å²) >= 11 is 0. The van der Waals surface area contributed by atoms with Crippen molar-refractivity contribution in [3.63, 3.8) is 0 Å². The van der Waals surface area contributed by atoms with E-state index in [-0.39, 0.29) is 72.9 Å². The van der Waals surface area contributed by atoms with Crippen molar-refractivity contribution in [2.75, 3.05) is 11.5 Å². The Bertz CT molecular complexity index is 4070. The Morgan fingerprint density at radius 1 is 0.417 bits per heavy atom. The Labute approximate surface area is 407 Å². The fourth-order valence-electron chi connectivity index (χ4n) is 7.23. The Hall–Kier alpha value is -8.79. The van der Waals surface area contributed by atoms with Gasteiger partial charge in [-0.2, -0.15) is 40.6 Å². The average Bonchev–Trinajstić information content (AvgIpc) is 3.29. The number of anilines is 2. The van der Waals surface area contributed by atoms with Crippen molar-refractivity contribution in [1.29, 1.82) is 0 Å². The fraction of sp³-hybridized carbons (Fsp3) is 0.0435. The number of hydrogen-bond donors (Lipinski definition) is 9. The molecular formula is C46H36N10O13S3. The van der Waals surface area contributed by atoms with Gasteiger partial charge in [-0.3, -0.25) is 13.7 Å². The molecule has 72 heavy (non-hydrogen) atoms. The first kappa shape index (κ1) is 49.6. The number of benzene rings is 8. The van der Waals surface area contributed by atoms with Crippen LogP contribution in [0.25, 0.3) is 32.7 Å². The van der Waals surface area contributed by atoms with Crippen LogP contribution in [0.2, 0.25) is 0 Å². The molecule has 0 radical (unpaired) electrons. The molecule has 0 atom stereocenters. The zero-order valence-electron chi connectivity index (χ0n) is 37.0. The molecule has 0 aliphatic heterocycles. The summed E-state index contributed by atoms with van der Waals surface area (Å²) in [6.07, 6.45) is 0. The summed E-state index contributed by atoms with van der Waals surface area (Å²) in [6.45, 7) is 3.35. The number of azo groups is 4. The lowest BCUT2D eigenvalue weighted by Gasteiger charge is -2.12. The van der Waals surface area contributed by atoms with Gasteiger partial charge in [0.15, 0.2) is 11.5 Å². The van der Waals surface area contributed by atoms with E-state index in [2.05, 4.69) is 40.9 Å². The third-order valence-corrected chi connectivity index (χ3v) is 13.4. The van der Waals surface area contributed by atoms with E-state index in [1.165, 1.54) is 54.6 Å². The van der Waals surface area contributed by atoms with Gasteiger partial charge in [-0.05, 0) is 132 Å². The second kappa shape index (κ2) is 18.8. The number of hydrogen-bond acceptors (Lipinski definition) is 20. The first-order valence-electron chi connectivity index (χ1n) is 20.5. The minimum Gasteiger partial charge on any atom is -0.508 e. The summed E-state index contributed by atoms with van der Waals surface area (Å²) in [4.78, 5) is -2.46. The fourth-order valence-corrected chi connectivity index (χ4v) is 9.08. The SMILES string of the molecule is Cc1cc(-c2ccc(N=Nc3c(S(=O)(=O)O)cc4cc(S(=O)(=O)O)cc(N=Nc5ccc(O)cc5N)c4c3O)c(C)c2)ccc1N=Nc1c(S(=O)(=O)O)cc2ccc(N=Nc3ccc(O)cc3N)cc2c1O. The Morgan fingerprint density at radius 3 is 1.36 bits per heavy atom. The average molecular weight is 1030 g/mol. The third-order valence-electron chi connectivity index (χ3n) is 10.8. The summed E-state index contributed by atoms with van der Waals surface area (Å²) in [6, 6.07) is 25.6. The monoisotopic (exact) mass is 1030 g/mol. The van der Waals surface area contributed by atoms with Gasteiger partial charge in [-0.25, -0.2) is 0 Å². The molecule has 26 heteroatoms. The molecule has 0 aliphatic carbocycles. The lowest BCUT2D eigenvalue weighted by atomic mass is 10.0.